The Morgan fingerprint density at radius 2 is 2.47 bits per heavy atom. The van der Waals surface area contributed by atoms with Crippen molar-refractivity contribution in [2.24, 2.45) is 5.92 Å². The normalized spacial score (nSPS) is 19.5. The van der Waals surface area contributed by atoms with Crippen LogP contribution in [0.3, 0.4) is 0 Å². The van der Waals surface area contributed by atoms with Gasteiger partial charge < -0.3 is 15.3 Å². The van der Waals surface area contributed by atoms with Crippen LogP contribution in [-0.2, 0) is 0 Å². The van der Waals surface area contributed by atoms with Gasteiger partial charge in [0.2, 0.25) is 0 Å². The summed E-state index contributed by atoms with van der Waals surface area (Å²) < 4.78 is 0. The molecule has 0 spiro atoms. The first kappa shape index (κ1) is 14.1. The Kier molecular flexibility index (Phi) is 4.61. The van der Waals surface area contributed by atoms with E-state index in [4.69, 9.17) is 16.7 Å². The molecule has 5 nitrogen and oxygen atoms in total. The fraction of sp³-hybridized carbons (Fsp3) is 0.538. The first-order chi connectivity index (χ1) is 9.11. The van der Waals surface area contributed by atoms with Crippen molar-refractivity contribution < 1.29 is 9.90 Å². The van der Waals surface area contributed by atoms with E-state index in [0.29, 0.717) is 16.8 Å². The fourth-order valence-corrected chi connectivity index (χ4v) is 2.78. The summed E-state index contributed by atoms with van der Waals surface area (Å²) in [6.45, 7) is 2.79. The van der Waals surface area contributed by atoms with Crippen LogP contribution in [0, 0.1) is 5.92 Å². The molecule has 1 atom stereocenters. The van der Waals surface area contributed by atoms with Crippen molar-refractivity contribution in [2.45, 2.75) is 12.8 Å². The number of carboxylic acids is 1. The maximum absolute atomic E-state index is 10.9. The second-order valence-corrected chi connectivity index (χ2v) is 5.25. The lowest BCUT2D eigenvalue weighted by molar-refractivity contribution is 0.0696. The largest absolute Gasteiger partial charge is 0.478 e. The average molecular weight is 284 g/mol. The average Bonchev–Trinajstić information content (AvgIpc) is 2.39. The highest BCUT2D eigenvalue weighted by Crippen LogP contribution is 2.28. The van der Waals surface area contributed by atoms with E-state index >= 15 is 0 Å². The van der Waals surface area contributed by atoms with Crippen molar-refractivity contribution in [3.63, 3.8) is 0 Å². The van der Waals surface area contributed by atoms with Gasteiger partial charge in [-0.25, -0.2) is 9.78 Å². The van der Waals surface area contributed by atoms with Gasteiger partial charge in [-0.3, -0.25) is 0 Å². The van der Waals surface area contributed by atoms with Crippen molar-refractivity contribution in [1.29, 1.82) is 0 Å². The number of anilines is 1. The van der Waals surface area contributed by atoms with Crippen LogP contribution in [0.4, 0.5) is 5.82 Å². The third-order valence-electron chi connectivity index (χ3n) is 3.38. The van der Waals surface area contributed by atoms with E-state index in [0.717, 1.165) is 26.1 Å². The second-order valence-electron chi connectivity index (χ2n) is 4.85. The first-order valence-corrected chi connectivity index (χ1v) is 6.78. The van der Waals surface area contributed by atoms with Gasteiger partial charge in [-0.15, -0.1) is 0 Å². The monoisotopic (exact) mass is 283 g/mol. The van der Waals surface area contributed by atoms with Crippen LogP contribution in [-0.4, -0.2) is 42.7 Å². The number of halogens is 1. The van der Waals surface area contributed by atoms with Crippen LogP contribution in [0.5, 0.6) is 0 Å². The highest BCUT2D eigenvalue weighted by atomic mass is 35.5. The predicted octanol–water partition coefficient (Wildman–Crippen LogP) is 1.87. The molecule has 0 aliphatic carbocycles. The summed E-state index contributed by atoms with van der Waals surface area (Å²) in [5, 5.41) is 12.5. The number of carboxylic acid groups (broad SMARTS) is 1. The molecule has 1 aliphatic heterocycles. The zero-order valence-corrected chi connectivity index (χ0v) is 11.7. The number of nitrogens with one attached hydrogen (secondary N) is 1. The van der Waals surface area contributed by atoms with Gasteiger partial charge in [0.05, 0.1) is 10.6 Å². The summed E-state index contributed by atoms with van der Waals surface area (Å²) in [5.41, 5.74) is 0.123. The van der Waals surface area contributed by atoms with Crippen molar-refractivity contribution in [3.8, 4) is 0 Å². The van der Waals surface area contributed by atoms with E-state index in [1.807, 2.05) is 7.05 Å². The zero-order chi connectivity index (χ0) is 13.8. The summed E-state index contributed by atoms with van der Waals surface area (Å²) in [5.74, 6) is 0.260. The molecule has 1 saturated heterocycles. The van der Waals surface area contributed by atoms with Gasteiger partial charge in [0.1, 0.15) is 5.82 Å². The Hall–Kier alpha value is -1.33. The minimum Gasteiger partial charge on any atom is -0.478 e. The molecule has 1 aromatic heterocycles. The summed E-state index contributed by atoms with van der Waals surface area (Å²) in [7, 11) is 1.95. The number of carbonyl (C=O) groups is 1. The second kappa shape index (κ2) is 6.21. The zero-order valence-electron chi connectivity index (χ0n) is 10.9. The number of piperidine rings is 1. The van der Waals surface area contributed by atoms with E-state index < -0.39 is 5.97 Å². The Labute approximate surface area is 117 Å². The van der Waals surface area contributed by atoms with Gasteiger partial charge in [-0.1, -0.05) is 11.6 Å². The summed E-state index contributed by atoms with van der Waals surface area (Å²) in [6.07, 6.45) is 3.67. The topological polar surface area (TPSA) is 65.5 Å². The first-order valence-electron chi connectivity index (χ1n) is 6.40. The highest BCUT2D eigenvalue weighted by Gasteiger charge is 2.22. The van der Waals surface area contributed by atoms with E-state index in [1.54, 1.807) is 0 Å². The third kappa shape index (κ3) is 3.36. The lowest BCUT2D eigenvalue weighted by atomic mass is 9.98. The Balaban J connectivity index is 2.15. The molecule has 6 heteroatoms. The summed E-state index contributed by atoms with van der Waals surface area (Å²) in [4.78, 5) is 17.2. The van der Waals surface area contributed by atoms with Crippen LogP contribution in [0.15, 0.2) is 12.3 Å². The molecular formula is C13H18ClN3O2. The number of hydrogen-bond acceptors (Lipinski definition) is 4. The molecule has 0 bridgehead atoms. The molecule has 1 aliphatic rings. The van der Waals surface area contributed by atoms with Gasteiger partial charge in [0.25, 0.3) is 0 Å². The summed E-state index contributed by atoms with van der Waals surface area (Å²) in [6, 6.07) is 1.47. The molecule has 2 heterocycles. The maximum Gasteiger partial charge on any atom is 0.337 e. The molecular weight excluding hydrogens is 266 g/mol. The standard InChI is InChI=1S/C13H18ClN3O2/c1-15-6-9-3-2-4-17(8-9)12-11(14)5-10(7-16-12)13(18)19/h5,7,9,15H,2-4,6,8H2,1H3,(H,18,19). The summed E-state index contributed by atoms with van der Waals surface area (Å²) >= 11 is 6.15. The van der Waals surface area contributed by atoms with E-state index in [9.17, 15) is 4.79 Å². The van der Waals surface area contributed by atoms with Gasteiger partial charge >= 0.3 is 5.97 Å². The molecule has 104 valence electrons. The number of rotatable bonds is 4. The van der Waals surface area contributed by atoms with Gasteiger partial charge in [-0.05, 0) is 38.4 Å². The Bertz CT molecular complexity index is 465. The highest BCUT2D eigenvalue weighted by molar-refractivity contribution is 6.33. The molecule has 19 heavy (non-hydrogen) atoms. The van der Waals surface area contributed by atoms with Gasteiger partial charge in [-0.2, -0.15) is 0 Å². The smallest absolute Gasteiger partial charge is 0.337 e. The molecule has 1 unspecified atom stereocenters. The van der Waals surface area contributed by atoms with Crippen molar-refractivity contribution >= 4 is 23.4 Å². The Morgan fingerprint density at radius 3 is 3.11 bits per heavy atom. The predicted molar refractivity (Wildman–Crippen MR) is 75.1 cm³/mol. The Morgan fingerprint density at radius 1 is 1.68 bits per heavy atom. The van der Waals surface area contributed by atoms with E-state index in [-0.39, 0.29) is 5.56 Å². The minimum atomic E-state index is -1.01. The lowest BCUT2D eigenvalue weighted by Crippen LogP contribution is -2.39. The van der Waals surface area contributed by atoms with E-state index in [1.165, 1.54) is 18.7 Å². The fourth-order valence-electron chi connectivity index (χ4n) is 2.49. The van der Waals surface area contributed by atoms with Crippen LogP contribution >= 0.6 is 11.6 Å². The van der Waals surface area contributed by atoms with Crippen LogP contribution < -0.4 is 10.2 Å². The van der Waals surface area contributed by atoms with Crippen LogP contribution in [0.25, 0.3) is 0 Å². The van der Waals surface area contributed by atoms with E-state index in [2.05, 4.69) is 15.2 Å². The quantitative estimate of drug-likeness (QED) is 0.883. The van der Waals surface area contributed by atoms with Crippen molar-refractivity contribution in [3.05, 3.63) is 22.8 Å². The molecule has 2 rings (SSSR count). The van der Waals surface area contributed by atoms with Crippen molar-refractivity contribution in [1.82, 2.24) is 10.3 Å². The molecule has 0 amide bonds. The minimum absolute atomic E-state index is 0.123. The van der Waals surface area contributed by atoms with Crippen LogP contribution in [0.1, 0.15) is 23.2 Å². The lowest BCUT2D eigenvalue weighted by Gasteiger charge is -2.34. The number of pyridine rings is 1. The number of aromatic nitrogens is 1. The van der Waals surface area contributed by atoms with Crippen LogP contribution in [0.2, 0.25) is 5.02 Å². The third-order valence-corrected chi connectivity index (χ3v) is 3.66. The molecule has 2 N–H and O–H groups in total. The molecule has 0 radical (unpaired) electrons. The van der Waals surface area contributed by atoms with Gasteiger partial charge in [0.15, 0.2) is 0 Å². The van der Waals surface area contributed by atoms with Crippen molar-refractivity contribution in [2.75, 3.05) is 31.6 Å². The molecule has 0 aromatic carbocycles. The maximum atomic E-state index is 10.9. The SMILES string of the molecule is CNCC1CCCN(c2ncc(C(=O)O)cc2Cl)C1. The van der Waals surface area contributed by atoms with Gasteiger partial charge in [0, 0.05) is 19.3 Å². The number of hydrogen-bond donors (Lipinski definition) is 2. The number of aromatic carboxylic acids is 1. The molecule has 1 aromatic rings. The molecule has 1 fully saturated rings. The molecule has 0 saturated carbocycles. The number of nitrogens with zero attached hydrogens (tertiary/aromatic N) is 2.